The van der Waals surface area contributed by atoms with Gasteiger partial charge in [-0.1, -0.05) is 58.4 Å². The minimum absolute atomic E-state index is 1.16. The smallest absolute Gasteiger partial charge is 0.0361 e. The number of rotatable bonds is 1. The third kappa shape index (κ3) is 1.87. The number of halogens is 1. The van der Waals surface area contributed by atoms with Crippen molar-refractivity contribution < 1.29 is 0 Å². The van der Waals surface area contributed by atoms with E-state index in [-0.39, 0.29) is 0 Å². The van der Waals surface area contributed by atoms with Gasteiger partial charge in [0.15, 0.2) is 0 Å². The van der Waals surface area contributed by atoms with Crippen LogP contribution in [0.1, 0.15) is 12.8 Å². The van der Waals surface area contributed by atoms with E-state index in [0.29, 0.717) is 0 Å². The lowest BCUT2D eigenvalue weighted by Crippen LogP contribution is -2.21. The molecule has 2 heteroatoms. The molecule has 20 heavy (non-hydrogen) atoms. The Morgan fingerprint density at radius 2 is 1.65 bits per heavy atom. The average Bonchev–Trinajstić information content (AvgIpc) is 2.86. The molecule has 3 aromatic rings. The molecule has 2 aromatic carbocycles. The molecule has 0 spiro atoms. The minimum atomic E-state index is 1.16. The Labute approximate surface area is 130 Å². The Hall–Kier alpha value is -1.38. The third-order valence-electron chi connectivity index (χ3n) is 3.79. The number of hydrogen-bond acceptors (Lipinski definition) is 1. The SMILES string of the molecule is Brc1ccccc1-c1cccc2sc3c(c12)=CCCC=3. The van der Waals surface area contributed by atoms with Crippen molar-refractivity contribution in [3.63, 3.8) is 0 Å². The van der Waals surface area contributed by atoms with Gasteiger partial charge in [0.25, 0.3) is 0 Å². The maximum Gasteiger partial charge on any atom is 0.0361 e. The largest absolute Gasteiger partial charge is 0.136 e. The highest BCUT2D eigenvalue weighted by Crippen LogP contribution is 2.33. The fourth-order valence-electron chi connectivity index (χ4n) is 2.89. The first-order chi connectivity index (χ1) is 9.84. The van der Waals surface area contributed by atoms with Crippen molar-refractivity contribution in [3.8, 4) is 11.1 Å². The number of fused-ring (bicyclic) bond motifs is 3. The second-order valence-electron chi connectivity index (χ2n) is 5.02. The molecule has 0 N–H and O–H groups in total. The molecule has 0 unspecified atom stereocenters. The summed E-state index contributed by atoms with van der Waals surface area (Å²) in [6, 6.07) is 15.1. The van der Waals surface area contributed by atoms with Crippen molar-refractivity contribution in [2.45, 2.75) is 12.8 Å². The van der Waals surface area contributed by atoms with Gasteiger partial charge in [0.05, 0.1) is 0 Å². The van der Waals surface area contributed by atoms with Crippen molar-refractivity contribution >= 4 is 49.5 Å². The van der Waals surface area contributed by atoms with E-state index in [0.717, 1.165) is 10.9 Å². The lowest BCUT2D eigenvalue weighted by Gasteiger charge is -2.07. The predicted molar refractivity (Wildman–Crippen MR) is 92.4 cm³/mol. The number of thiophene rings is 1. The summed E-state index contributed by atoms with van der Waals surface area (Å²) in [4.78, 5) is 0. The molecule has 1 aromatic heterocycles. The standard InChI is InChI=1S/C18H13BrS/c19-15-9-3-1-6-12(15)13-8-5-11-17-18(13)14-7-2-4-10-16(14)20-17/h1,3,5-11H,2,4H2. The summed E-state index contributed by atoms with van der Waals surface area (Å²) in [5.74, 6) is 0. The van der Waals surface area contributed by atoms with Gasteiger partial charge < -0.3 is 0 Å². The lowest BCUT2D eigenvalue weighted by molar-refractivity contribution is 1.13. The predicted octanol–water partition coefficient (Wildman–Crippen LogP) is 4.69. The molecule has 0 amide bonds. The quantitative estimate of drug-likeness (QED) is 0.603. The molecule has 1 heterocycles. The monoisotopic (exact) mass is 340 g/mol. The molecule has 98 valence electrons. The Morgan fingerprint density at radius 3 is 2.55 bits per heavy atom. The zero-order chi connectivity index (χ0) is 13.5. The molecule has 1 aliphatic carbocycles. The van der Waals surface area contributed by atoms with Crippen molar-refractivity contribution in [3.05, 3.63) is 56.7 Å². The van der Waals surface area contributed by atoms with Gasteiger partial charge in [0.2, 0.25) is 0 Å². The van der Waals surface area contributed by atoms with Crippen LogP contribution in [0.5, 0.6) is 0 Å². The maximum absolute atomic E-state index is 3.69. The summed E-state index contributed by atoms with van der Waals surface area (Å²) in [5, 5.41) is 2.85. The van der Waals surface area contributed by atoms with E-state index in [1.807, 2.05) is 11.3 Å². The van der Waals surface area contributed by atoms with Crippen LogP contribution in [0, 0.1) is 0 Å². The molecule has 0 nitrogen and oxygen atoms in total. The Bertz CT molecular complexity index is 918. The van der Waals surface area contributed by atoms with E-state index < -0.39 is 0 Å². The second-order valence-corrected chi connectivity index (χ2v) is 6.96. The van der Waals surface area contributed by atoms with Crippen molar-refractivity contribution in [2.75, 3.05) is 0 Å². The molecular formula is C18H13BrS. The van der Waals surface area contributed by atoms with Crippen molar-refractivity contribution in [2.24, 2.45) is 0 Å². The van der Waals surface area contributed by atoms with Gasteiger partial charge in [-0.05, 0) is 41.3 Å². The second kappa shape index (κ2) is 4.87. The molecular weight excluding hydrogens is 328 g/mol. The molecule has 0 saturated carbocycles. The van der Waals surface area contributed by atoms with Crippen LogP contribution in [0.25, 0.3) is 33.4 Å². The third-order valence-corrected chi connectivity index (χ3v) is 5.65. The first kappa shape index (κ1) is 12.4. The Balaban J connectivity index is 2.17. The summed E-state index contributed by atoms with van der Waals surface area (Å²) in [5.41, 5.74) is 2.61. The maximum atomic E-state index is 3.69. The van der Waals surface area contributed by atoms with Gasteiger partial charge in [0, 0.05) is 19.1 Å². The van der Waals surface area contributed by atoms with Crippen molar-refractivity contribution in [1.29, 1.82) is 0 Å². The van der Waals surface area contributed by atoms with Gasteiger partial charge in [0.1, 0.15) is 0 Å². The number of hydrogen-bond donors (Lipinski definition) is 0. The summed E-state index contributed by atoms with van der Waals surface area (Å²) < 4.78 is 3.98. The van der Waals surface area contributed by atoms with Crippen LogP contribution >= 0.6 is 27.3 Å². The Kier molecular flexibility index (Phi) is 3.01. The molecule has 0 fully saturated rings. The summed E-state index contributed by atoms with van der Waals surface area (Å²) in [7, 11) is 0. The minimum Gasteiger partial charge on any atom is -0.136 e. The molecule has 0 saturated heterocycles. The highest BCUT2D eigenvalue weighted by Gasteiger charge is 2.11. The van der Waals surface area contributed by atoms with Crippen LogP contribution in [0.4, 0.5) is 0 Å². The summed E-state index contributed by atoms with van der Waals surface area (Å²) in [6.07, 6.45) is 7.10. The highest BCUT2D eigenvalue weighted by molar-refractivity contribution is 9.10. The molecule has 4 rings (SSSR count). The first-order valence-corrected chi connectivity index (χ1v) is 8.42. The average molecular weight is 341 g/mol. The fraction of sp³-hybridized carbons (Fsp3) is 0.111. The summed E-state index contributed by atoms with van der Waals surface area (Å²) in [6.45, 7) is 0. The highest BCUT2D eigenvalue weighted by atomic mass is 79.9. The van der Waals surface area contributed by atoms with Crippen molar-refractivity contribution in [1.82, 2.24) is 0 Å². The lowest BCUT2D eigenvalue weighted by atomic mass is 9.99. The van der Waals surface area contributed by atoms with E-state index in [4.69, 9.17) is 0 Å². The van der Waals surface area contributed by atoms with E-state index in [1.54, 1.807) is 0 Å². The van der Waals surface area contributed by atoms with Crippen LogP contribution in [0.3, 0.4) is 0 Å². The number of benzene rings is 2. The molecule has 0 radical (unpaired) electrons. The Morgan fingerprint density at radius 1 is 0.850 bits per heavy atom. The van der Waals surface area contributed by atoms with Gasteiger partial charge in [-0.2, -0.15) is 0 Å². The van der Waals surface area contributed by atoms with Gasteiger partial charge >= 0.3 is 0 Å². The summed E-state index contributed by atoms with van der Waals surface area (Å²) >= 11 is 5.60. The van der Waals surface area contributed by atoms with Crippen LogP contribution in [0.15, 0.2) is 46.9 Å². The molecule has 0 atom stereocenters. The zero-order valence-electron chi connectivity index (χ0n) is 10.9. The molecule has 0 aliphatic heterocycles. The van der Waals surface area contributed by atoms with E-state index in [2.05, 4.69) is 70.5 Å². The van der Waals surface area contributed by atoms with Crippen LogP contribution in [0.2, 0.25) is 0 Å². The van der Waals surface area contributed by atoms with E-state index >= 15 is 0 Å². The van der Waals surface area contributed by atoms with Crippen LogP contribution < -0.4 is 9.75 Å². The van der Waals surface area contributed by atoms with Crippen LogP contribution in [-0.2, 0) is 0 Å². The molecule has 0 bridgehead atoms. The van der Waals surface area contributed by atoms with Gasteiger partial charge in [-0.3, -0.25) is 0 Å². The zero-order valence-corrected chi connectivity index (χ0v) is 13.3. The normalized spacial score (nSPS) is 13.7. The van der Waals surface area contributed by atoms with Gasteiger partial charge in [-0.25, -0.2) is 0 Å². The first-order valence-electron chi connectivity index (χ1n) is 6.81. The van der Waals surface area contributed by atoms with E-state index in [1.165, 1.54) is 37.4 Å². The van der Waals surface area contributed by atoms with Crippen LogP contribution in [-0.4, -0.2) is 0 Å². The topological polar surface area (TPSA) is 0 Å². The fourth-order valence-corrected chi connectivity index (χ4v) is 4.59. The molecule has 1 aliphatic rings. The van der Waals surface area contributed by atoms with Gasteiger partial charge in [-0.15, -0.1) is 11.3 Å². The van der Waals surface area contributed by atoms with E-state index in [9.17, 15) is 0 Å².